The molecule has 1 aliphatic rings. The molecule has 0 atom stereocenters. The van der Waals surface area contributed by atoms with E-state index < -0.39 is 0 Å². The van der Waals surface area contributed by atoms with Gasteiger partial charge in [0.2, 0.25) is 0 Å². The predicted octanol–water partition coefficient (Wildman–Crippen LogP) is 3.64. The first-order valence-electron chi connectivity index (χ1n) is 6.30. The first-order chi connectivity index (χ1) is 8.79. The Kier molecular flexibility index (Phi) is 2.71. The van der Waals surface area contributed by atoms with Gasteiger partial charge in [-0.05, 0) is 53.8 Å². The van der Waals surface area contributed by atoms with Gasteiger partial charge < -0.3 is 10.1 Å². The highest BCUT2D eigenvalue weighted by molar-refractivity contribution is 5.78. The lowest BCUT2D eigenvalue weighted by atomic mass is 9.94. The molecule has 0 unspecified atom stereocenters. The summed E-state index contributed by atoms with van der Waals surface area (Å²) >= 11 is 0. The van der Waals surface area contributed by atoms with Crippen molar-refractivity contribution in [3.8, 4) is 16.9 Å². The number of benzene rings is 2. The molecule has 0 aliphatic carbocycles. The Morgan fingerprint density at radius 3 is 2.78 bits per heavy atom. The molecule has 92 valence electrons. The Morgan fingerprint density at radius 2 is 2.00 bits per heavy atom. The first-order valence-corrected chi connectivity index (χ1v) is 6.30. The fourth-order valence-corrected chi connectivity index (χ4v) is 2.66. The number of ether oxygens (including phenoxy) is 1. The quantitative estimate of drug-likeness (QED) is 0.864. The highest BCUT2D eigenvalue weighted by Crippen LogP contribution is 2.35. The van der Waals surface area contributed by atoms with Crippen molar-refractivity contribution in [2.45, 2.75) is 13.3 Å². The van der Waals surface area contributed by atoms with Gasteiger partial charge >= 0.3 is 0 Å². The van der Waals surface area contributed by atoms with E-state index in [1.54, 1.807) is 7.11 Å². The van der Waals surface area contributed by atoms with Gasteiger partial charge in [-0.25, -0.2) is 0 Å². The smallest absolute Gasteiger partial charge is 0.119 e. The van der Waals surface area contributed by atoms with E-state index in [1.165, 1.54) is 27.9 Å². The second kappa shape index (κ2) is 4.37. The van der Waals surface area contributed by atoms with Crippen LogP contribution in [0.25, 0.3) is 11.1 Å². The molecule has 0 fully saturated rings. The summed E-state index contributed by atoms with van der Waals surface area (Å²) in [5.41, 5.74) is 6.62. The van der Waals surface area contributed by atoms with E-state index in [2.05, 4.69) is 42.6 Å². The number of hydrogen-bond acceptors (Lipinski definition) is 2. The Labute approximate surface area is 108 Å². The minimum atomic E-state index is 0.918. The third-order valence-corrected chi connectivity index (χ3v) is 3.59. The van der Waals surface area contributed by atoms with Crippen LogP contribution in [0.4, 0.5) is 5.69 Å². The molecule has 2 nitrogen and oxygen atoms in total. The molecular formula is C16H17NO. The predicted molar refractivity (Wildman–Crippen MR) is 75.4 cm³/mol. The molecule has 0 spiro atoms. The Bertz CT molecular complexity index is 590. The van der Waals surface area contributed by atoms with Crippen molar-refractivity contribution >= 4 is 5.69 Å². The van der Waals surface area contributed by atoms with E-state index in [1.807, 2.05) is 6.07 Å². The molecule has 2 heteroatoms. The summed E-state index contributed by atoms with van der Waals surface area (Å²) in [6.07, 6.45) is 1.11. The van der Waals surface area contributed by atoms with Crippen molar-refractivity contribution in [3.05, 3.63) is 47.5 Å². The summed E-state index contributed by atoms with van der Waals surface area (Å²) in [7, 11) is 1.71. The van der Waals surface area contributed by atoms with Crippen molar-refractivity contribution in [3.63, 3.8) is 0 Å². The van der Waals surface area contributed by atoms with Crippen LogP contribution in [-0.4, -0.2) is 13.7 Å². The molecule has 18 heavy (non-hydrogen) atoms. The van der Waals surface area contributed by atoms with Crippen LogP contribution < -0.4 is 10.1 Å². The molecule has 0 aromatic heterocycles. The molecule has 2 aromatic rings. The fraction of sp³-hybridized carbons (Fsp3) is 0.250. The van der Waals surface area contributed by atoms with Crippen LogP contribution in [0.15, 0.2) is 36.4 Å². The van der Waals surface area contributed by atoms with Gasteiger partial charge in [-0.3, -0.25) is 0 Å². The topological polar surface area (TPSA) is 21.3 Å². The van der Waals surface area contributed by atoms with Crippen molar-refractivity contribution in [2.75, 3.05) is 19.0 Å². The highest BCUT2D eigenvalue weighted by atomic mass is 16.5. The lowest BCUT2D eigenvalue weighted by Crippen LogP contribution is -1.91. The summed E-state index contributed by atoms with van der Waals surface area (Å²) in [5.74, 6) is 0.918. The van der Waals surface area contributed by atoms with Gasteiger partial charge in [-0.15, -0.1) is 0 Å². The van der Waals surface area contributed by atoms with Gasteiger partial charge in [0.05, 0.1) is 7.11 Å². The average Bonchev–Trinajstić information content (AvgIpc) is 2.87. The molecule has 0 amide bonds. The fourth-order valence-electron chi connectivity index (χ4n) is 2.66. The monoisotopic (exact) mass is 239 g/mol. The van der Waals surface area contributed by atoms with Crippen LogP contribution in [-0.2, 0) is 6.42 Å². The minimum Gasteiger partial charge on any atom is -0.497 e. The number of anilines is 1. The molecule has 2 aromatic carbocycles. The van der Waals surface area contributed by atoms with E-state index in [9.17, 15) is 0 Å². The van der Waals surface area contributed by atoms with Crippen molar-refractivity contribution in [1.82, 2.24) is 0 Å². The maximum Gasteiger partial charge on any atom is 0.119 e. The largest absolute Gasteiger partial charge is 0.497 e. The zero-order valence-electron chi connectivity index (χ0n) is 10.8. The molecule has 0 saturated carbocycles. The summed E-state index contributed by atoms with van der Waals surface area (Å²) < 4.78 is 5.27. The molecule has 3 rings (SSSR count). The van der Waals surface area contributed by atoms with Crippen molar-refractivity contribution in [2.24, 2.45) is 0 Å². The molecular weight excluding hydrogens is 222 g/mol. The first kappa shape index (κ1) is 11.1. The van der Waals surface area contributed by atoms with Crippen LogP contribution in [0.3, 0.4) is 0 Å². The third kappa shape index (κ3) is 1.74. The lowest BCUT2D eigenvalue weighted by Gasteiger charge is -2.12. The van der Waals surface area contributed by atoms with E-state index >= 15 is 0 Å². The second-order valence-corrected chi connectivity index (χ2v) is 4.69. The summed E-state index contributed by atoms with van der Waals surface area (Å²) in [6, 6.07) is 12.8. The van der Waals surface area contributed by atoms with Crippen LogP contribution in [0.2, 0.25) is 0 Å². The van der Waals surface area contributed by atoms with Gasteiger partial charge in [0.1, 0.15) is 5.75 Å². The zero-order valence-corrected chi connectivity index (χ0v) is 10.8. The van der Waals surface area contributed by atoms with Gasteiger partial charge in [0.15, 0.2) is 0 Å². The molecule has 1 N–H and O–H groups in total. The van der Waals surface area contributed by atoms with Crippen LogP contribution in [0.5, 0.6) is 5.75 Å². The molecule has 0 bridgehead atoms. The number of methoxy groups -OCH3 is 1. The van der Waals surface area contributed by atoms with Crippen LogP contribution in [0.1, 0.15) is 11.1 Å². The normalized spacial score (nSPS) is 13.0. The number of rotatable bonds is 2. The summed E-state index contributed by atoms with van der Waals surface area (Å²) in [6.45, 7) is 3.18. The van der Waals surface area contributed by atoms with E-state index in [0.29, 0.717) is 0 Å². The van der Waals surface area contributed by atoms with Gasteiger partial charge in [-0.2, -0.15) is 0 Å². The zero-order chi connectivity index (χ0) is 12.5. The van der Waals surface area contributed by atoms with Crippen molar-refractivity contribution in [1.29, 1.82) is 0 Å². The van der Waals surface area contributed by atoms with E-state index in [4.69, 9.17) is 4.74 Å². The Hall–Kier alpha value is -1.96. The standard InChI is InChI=1S/C16H17NO/c1-11-10-12(18-2)6-7-13(11)14-4-3-5-16-15(14)8-9-17-16/h3-7,10,17H,8-9H2,1-2H3. The Balaban J connectivity index is 2.13. The highest BCUT2D eigenvalue weighted by Gasteiger charge is 2.15. The van der Waals surface area contributed by atoms with Gasteiger partial charge in [0.25, 0.3) is 0 Å². The second-order valence-electron chi connectivity index (χ2n) is 4.69. The molecule has 1 aliphatic heterocycles. The number of nitrogens with one attached hydrogen (secondary N) is 1. The van der Waals surface area contributed by atoms with Gasteiger partial charge in [-0.1, -0.05) is 18.2 Å². The summed E-state index contributed by atoms with van der Waals surface area (Å²) in [4.78, 5) is 0. The lowest BCUT2D eigenvalue weighted by molar-refractivity contribution is 0.414. The van der Waals surface area contributed by atoms with Crippen molar-refractivity contribution < 1.29 is 4.74 Å². The van der Waals surface area contributed by atoms with Gasteiger partial charge in [0, 0.05) is 12.2 Å². The van der Waals surface area contributed by atoms with Crippen LogP contribution >= 0.6 is 0 Å². The molecule has 0 saturated heterocycles. The van der Waals surface area contributed by atoms with E-state index in [-0.39, 0.29) is 0 Å². The number of fused-ring (bicyclic) bond motifs is 1. The average molecular weight is 239 g/mol. The maximum absolute atomic E-state index is 5.27. The molecule has 1 heterocycles. The SMILES string of the molecule is COc1ccc(-c2cccc3c2CCN3)c(C)c1. The van der Waals surface area contributed by atoms with Crippen LogP contribution in [0, 0.1) is 6.92 Å². The van der Waals surface area contributed by atoms with E-state index in [0.717, 1.165) is 18.7 Å². The molecule has 0 radical (unpaired) electrons. The minimum absolute atomic E-state index is 0.918. The third-order valence-electron chi connectivity index (χ3n) is 3.59. The number of aryl methyl sites for hydroxylation is 1. The number of hydrogen-bond donors (Lipinski definition) is 1. The maximum atomic E-state index is 5.27. The Morgan fingerprint density at radius 1 is 1.11 bits per heavy atom. The summed E-state index contributed by atoms with van der Waals surface area (Å²) in [5, 5.41) is 3.43.